The average molecular weight is 452 g/mol. The maximum atomic E-state index is 12.9. The molecule has 3 amide bonds. The molecule has 11 nitrogen and oxygen atoms in total. The lowest BCUT2D eigenvalue weighted by atomic mass is 10.0. The number of nitrogens with two attached hydrogens (primary N) is 1. The molecule has 1 aromatic heterocycles. The van der Waals surface area contributed by atoms with E-state index in [4.69, 9.17) is 15.9 Å². The summed E-state index contributed by atoms with van der Waals surface area (Å²) in [6.07, 6.45) is 1.85. The van der Waals surface area contributed by atoms with Crippen molar-refractivity contribution in [2.75, 3.05) is 18.9 Å². The fourth-order valence-corrected chi connectivity index (χ4v) is 3.16. The fourth-order valence-electron chi connectivity index (χ4n) is 2.91. The first kappa shape index (κ1) is 24.2. The van der Waals surface area contributed by atoms with Gasteiger partial charge in [-0.05, 0) is 11.6 Å². The van der Waals surface area contributed by atoms with Crippen molar-refractivity contribution in [2.24, 2.45) is 5.73 Å². The van der Waals surface area contributed by atoms with E-state index < -0.39 is 48.4 Å². The summed E-state index contributed by atoms with van der Waals surface area (Å²) in [6, 6.07) is 3.68. The predicted molar refractivity (Wildman–Crippen MR) is 115 cm³/mol. The smallest absolute Gasteiger partial charge is 0.328 e. The van der Waals surface area contributed by atoms with Crippen molar-refractivity contribution in [1.82, 2.24) is 20.9 Å². The van der Waals surface area contributed by atoms with E-state index >= 15 is 0 Å². The molecule has 0 saturated heterocycles. The molecule has 0 bridgehead atoms. The molecule has 1 aromatic carbocycles. The molecule has 0 radical (unpaired) electrons. The van der Waals surface area contributed by atoms with E-state index in [1.807, 2.05) is 24.3 Å². The minimum Gasteiger partial charge on any atom is -0.480 e. The molecule has 31 heavy (non-hydrogen) atoms. The monoisotopic (exact) mass is 451 g/mol. The van der Waals surface area contributed by atoms with Crippen LogP contribution in [0.15, 0.2) is 30.5 Å². The Balaban J connectivity index is 2.16. The normalized spacial score (nSPS) is 13.8. The summed E-state index contributed by atoms with van der Waals surface area (Å²) in [4.78, 5) is 51.1. The highest BCUT2D eigenvalue weighted by Crippen LogP contribution is 2.19. The van der Waals surface area contributed by atoms with Crippen LogP contribution in [0.5, 0.6) is 0 Å². The Labute approximate surface area is 183 Å². The molecule has 0 aliphatic carbocycles. The predicted octanol–water partition coefficient (Wildman–Crippen LogP) is -1.87. The standard InChI is InChI=1S/C19H25N5O6S/c20-6-16(26)22-13(5-10-7-21-12-4-2-1-3-11(10)12)17(27)24-15(9-31)18(28)23-14(8-25)19(29)30/h1-4,7,13-15,21,25,31H,5-6,8-9,20H2,(H,22,26)(H,23,28)(H,24,27)(H,29,30). The number of amides is 3. The second-order valence-corrected chi connectivity index (χ2v) is 7.08. The number of carboxylic acid groups (broad SMARTS) is 1. The van der Waals surface area contributed by atoms with Crippen LogP contribution in [0.1, 0.15) is 5.56 Å². The second kappa shape index (κ2) is 11.3. The number of thiol groups is 1. The van der Waals surface area contributed by atoms with Gasteiger partial charge in [-0.25, -0.2) is 4.79 Å². The highest BCUT2D eigenvalue weighted by atomic mass is 32.1. The number of hydrogen-bond donors (Lipinski definition) is 8. The molecular formula is C19H25N5O6S. The summed E-state index contributed by atoms with van der Waals surface area (Å²) in [7, 11) is 0. The number of carbonyl (C=O) groups excluding carboxylic acids is 3. The molecule has 1 heterocycles. The number of H-pyrrole nitrogens is 1. The van der Waals surface area contributed by atoms with Crippen LogP contribution in [0.4, 0.5) is 0 Å². The molecule has 2 aromatic rings. The molecule has 2 rings (SSSR count). The summed E-state index contributed by atoms with van der Waals surface area (Å²) in [5, 5.41) is 26.0. The van der Waals surface area contributed by atoms with Gasteiger partial charge in [-0.3, -0.25) is 14.4 Å². The molecular weight excluding hydrogens is 426 g/mol. The number of carboxylic acids is 1. The van der Waals surface area contributed by atoms with Gasteiger partial charge in [0.05, 0.1) is 13.2 Å². The Hall–Kier alpha value is -3.09. The quantitative estimate of drug-likeness (QED) is 0.184. The third kappa shape index (κ3) is 6.44. The number of hydrogen-bond acceptors (Lipinski definition) is 7. The summed E-state index contributed by atoms with van der Waals surface area (Å²) < 4.78 is 0. The summed E-state index contributed by atoms with van der Waals surface area (Å²) in [5.74, 6) is -3.62. The first-order valence-corrected chi connectivity index (χ1v) is 10.0. The van der Waals surface area contributed by atoms with Gasteiger partial charge in [-0.15, -0.1) is 0 Å². The van der Waals surface area contributed by atoms with Gasteiger partial charge in [0.15, 0.2) is 0 Å². The zero-order chi connectivity index (χ0) is 23.0. The topological polar surface area (TPSA) is 187 Å². The van der Waals surface area contributed by atoms with E-state index in [0.717, 1.165) is 16.5 Å². The van der Waals surface area contributed by atoms with Gasteiger partial charge >= 0.3 is 5.97 Å². The number of aliphatic hydroxyl groups is 1. The largest absolute Gasteiger partial charge is 0.480 e. The van der Waals surface area contributed by atoms with Gasteiger partial charge in [0.1, 0.15) is 18.1 Å². The molecule has 0 spiro atoms. The van der Waals surface area contributed by atoms with E-state index in [-0.39, 0.29) is 18.7 Å². The number of nitrogens with one attached hydrogen (secondary N) is 4. The van der Waals surface area contributed by atoms with E-state index in [2.05, 4.69) is 33.6 Å². The highest BCUT2D eigenvalue weighted by Gasteiger charge is 2.29. The van der Waals surface area contributed by atoms with Gasteiger partial charge in [-0.1, -0.05) is 18.2 Å². The lowest BCUT2D eigenvalue weighted by Gasteiger charge is -2.23. The van der Waals surface area contributed by atoms with E-state index in [1.165, 1.54) is 0 Å². The molecule has 0 fully saturated rings. The van der Waals surface area contributed by atoms with Gasteiger partial charge in [0, 0.05) is 29.3 Å². The first-order chi connectivity index (χ1) is 14.8. The number of rotatable bonds is 11. The Bertz CT molecular complexity index is 949. The first-order valence-electron chi connectivity index (χ1n) is 9.40. The molecule has 3 atom stereocenters. The fraction of sp³-hybridized carbons (Fsp3) is 0.368. The lowest BCUT2D eigenvalue weighted by Crippen LogP contribution is -2.57. The highest BCUT2D eigenvalue weighted by molar-refractivity contribution is 7.80. The van der Waals surface area contributed by atoms with Gasteiger partial charge in [0.2, 0.25) is 17.7 Å². The van der Waals surface area contributed by atoms with Crippen molar-refractivity contribution in [3.05, 3.63) is 36.0 Å². The van der Waals surface area contributed by atoms with Gasteiger partial charge in [0.25, 0.3) is 0 Å². The molecule has 3 unspecified atom stereocenters. The number of aliphatic carboxylic acids is 1. The van der Waals surface area contributed by atoms with Crippen molar-refractivity contribution in [3.8, 4) is 0 Å². The van der Waals surface area contributed by atoms with Crippen molar-refractivity contribution < 1.29 is 29.4 Å². The van der Waals surface area contributed by atoms with Crippen LogP contribution in [-0.2, 0) is 25.6 Å². The number of aromatic amines is 1. The van der Waals surface area contributed by atoms with Crippen LogP contribution in [0.2, 0.25) is 0 Å². The SMILES string of the molecule is NCC(=O)NC(Cc1c[nH]c2ccccc12)C(=O)NC(CS)C(=O)NC(CO)C(=O)O. The van der Waals surface area contributed by atoms with Crippen molar-refractivity contribution >= 4 is 47.2 Å². The maximum absolute atomic E-state index is 12.9. The number of fused-ring (bicyclic) bond motifs is 1. The van der Waals surface area contributed by atoms with Crippen LogP contribution < -0.4 is 21.7 Å². The summed E-state index contributed by atoms with van der Waals surface area (Å²) in [6.45, 7) is -1.14. The third-order valence-corrected chi connectivity index (χ3v) is 4.91. The van der Waals surface area contributed by atoms with Crippen LogP contribution in [-0.4, -0.2) is 75.9 Å². The minimum absolute atomic E-state index is 0.122. The minimum atomic E-state index is -1.52. The zero-order valence-electron chi connectivity index (χ0n) is 16.5. The van der Waals surface area contributed by atoms with Crippen molar-refractivity contribution in [1.29, 1.82) is 0 Å². The van der Waals surface area contributed by atoms with Crippen LogP contribution in [0.3, 0.4) is 0 Å². The van der Waals surface area contributed by atoms with Gasteiger partial charge in [-0.2, -0.15) is 12.6 Å². The Kier molecular flexibility index (Phi) is 8.85. The maximum Gasteiger partial charge on any atom is 0.328 e. The average Bonchev–Trinajstić information content (AvgIpc) is 3.17. The number of carbonyl (C=O) groups is 4. The Morgan fingerprint density at radius 3 is 2.29 bits per heavy atom. The molecule has 168 valence electrons. The molecule has 0 saturated carbocycles. The van der Waals surface area contributed by atoms with Crippen LogP contribution in [0, 0.1) is 0 Å². The molecule has 8 N–H and O–H groups in total. The van der Waals surface area contributed by atoms with E-state index in [9.17, 15) is 19.2 Å². The molecule has 0 aliphatic rings. The number of para-hydroxylation sites is 1. The van der Waals surface area contributed by atoms with Crippen molar-refractivity contribution in [3.63, 3.8) is 0 Å². The lowest BCUT2D eigenvalue weighted by molar-refractivity contribution is -0.143. The molecule has 12 heteroatoms. The number of aromatic nitrogens is 1. The molecule has 0 aliphatic heterocycles. The summed E-state index contributed by atoms with van der Waals surface area (Å²) >= 11 is 4.03. The zero-order valence-corrected chi connectivity index (χ0v) is 17.4. The van der Waals surface area contributed by atoms with Crippen LogP contribution >= 0.6 is 12.6 Å². The Morgan fingerprint density at radius 2 is 1.68 bits per heavy atom. The number of benzene rings is 1. The van der Waals surface area contributed by atoms with Gasteiger partial charge < -0.3 is 36.9 Å². The third-order valence-electron chi connectivity index (χ3n) is 4.55. The van der Waals surface area contributed by atoms with Crippen LogP contribution in [0.25, 0.3) is 10.9 Å². The van der Waals surface area contributed by atoms with E-state index in [0.29, 0.717) is 0 Å². The summed E-state index contributed by atoms with van der Waals surface area (Å²) in [5.41, 5.74) is 6.98. The Morgan fingerprint density at radius 1 is 1.03 bits per heavy atom. The van der Waals surface area contributed by atoms with E-state index in [1.54, 1.807) is 6.20 Å². The van der Waals surface area contributed by atoms with Crippen molar-refractivity contribution in [2.45, 2.75) is 24.5 Å². The second-order valence-electron chi connectivity index (χ2n) is 6.71. The number of aliphatic hydroxyl groups excluding tert-OH is 1.